The maximum Gasteiger partial charge on any atom is 0.224 e. The second-order valence-electron chi connectivity index (χ2n) is 5.73. The number of carbonyl (C=O) groups excluding carboxylic acids is 2. The highest BCUT2D eigenvalue weighted by Crippen LogP contribution is 2.14. The largest absolute Gasteiger partial charge is 0.325 e. The molecule has 26 heavy (non-hydrogen) atoms. The van der Waals surface area contributed by atoms with E-state index in [1.165, 1.54) is 0 Å². The van der Waals surface area contributed by atoms with E-state index in [0.29, 0.717) is 16.3 Å². The average Bonchev–Trinajstić information content (AvgIpc) is 3.07. The summed E-state index contributed by atoms with van der Waals surface area (Å²) in [5, 5.41) is 3.32. The molecule has 0 fully saturated rings. The van der Waals surface area contributed by atoms with Crippen LogP contribution in [0.5, 0.6) is 0 Å². The number of ketones is 1. The molecule has 3 aromatic rings. The number of carbonyl (C=O) groups is 2. The fraction of sp³-hybridized carbons (Fsp3) is 0.158. The second kappa shape index (κ2) is 7.93. The molecule has 0 spiro atoms. The van der Waals surface area contributed by atoms with Gasteiger partial charge in [-0.25, -0.2) is 9.97 Å². The highest BCUT2D eigenvalue weighted by Gasteiger charge is 2.10. The van der Waals surface area contributed by atoms with E-state index in [1.807, 2.05) is 17.7 Å². The van der Waals surface area contributed by atoms with E-state index in [0.717, 1.165) is 11.6 Å². The summed E-state index contributed by atoms with van der Waals surface area (Å²) < 4.78 is 1.84. The van der Waals surface area contributed by atoms with Gasteiger partial charge in [0, 0.05) is 35.8 Å². The normalized spacial score (nSPS) is 10.5. The van der Waals surface area contributed by atoms with Gasteiger partial charge in [0.2, 0.25) is 5.91 Å². The Balaban J connectivity index is 1.54. The number of amides is 1. The minimum atomic E-state index is -0.235. The number of benzene rings is 1. The van der Waals surface area contributed by atoms with Crippen molar-refractivity contribution in [2.45, 2.75) is 19.8 Å². The van der Waals surface area contributed by atoms with Crippen molar-refractivity contribution >= 4 is 29.0 Å². The zero-order valence-electron chi connectivity index (χ0n) is 14.1. The fourth-order valence-electron chi connectivity index (χ4n) is 2.45. The molecule has 132 valence electrons. The number of rotatable bonds is 6. The van der Waals surface area contributed by atoms with Crippen LogP contribution >= 0.6 is 11.6 Å². The molecule has 1 N–H and O–H groups in total. The number of nitrogens with zero attached hydrogens (tertiary/aromatic N) is 3. The Hall–Kier alpha value is -2.99. The first-order valence-corrected chi connectivity index (χ1v) is 8.46. The van der Waals surface area contributed by atoms with Crippen molar-refractivity contribution < 1.29 is 9.59 Å². The SMILES string of the molecule is Cc1nccn1-c1ccc(NC(=O)CCC(=O)c2ccc(Cl)cc2)cn1. The number of aromatic nitrogens is 3. The predicted molar refractivity (Wildman–Crippen MR) is 99.7 cm³/mol. The molecule has 0 saturated heterocycles. The van der Waals surface area contributed by atoms with Gasteiger partial charge >= 0.3 is 0 Å². The van der Waals surface area contributed by atoms with E-state index in [2.05, 4.69) is 15.3 Å². The molecule has 0 atom stereocenters. The van der Waals surface area contributed by atoms with Crippen molar-refractivity contribution in [1.82, 2.24) is 14.5 Å². The first-order valence-electron chi connectivity index (χ1n) is 8.08. The molecule has 7 heteroatoms. The molecule has 1 amide bonds. The summed E-state index contributed by atoms with van der Waals surface area (Å²) in [5.41, 5.74) is 1.12. The van der Waals surface area contributed by atoms with Gasteiger partial charge in [-0.3, -0.25) is 14.2 Å². The molecule has 6 nitrogen and oxygen atoms in total. The molecule has 0 aliphatic rings. The first kappa shape index (κ1) is 17.8. The molecule has 0 unspecified atom stereocenters. The molecule has 2 heterocycles. The van der Waals surface area contributed by atoms with Crippen molar-refractivity contribution in [3.63, 3.8) is 0 Å². The number of Topliss-reactive ketones (excluding diaryl/α,β-unsaturated/α-hetero) is 1. The summed E-state index contributed by atoms with van der Waals surface area (Å²) in [7, 11) is 0. The maximum absolute atomic E-state index is 12.1. The van der Waals surface area contributed by atoms with Crippen molar-refractivity contribution in [3.8, 4) is 5.82 Å². The second-order valence-corrected chi connectivity index (χ2v) is 6.16. The molecule has 0 radical (unpaired) electrons. The van der Waals surface area contributed by atoms with Gasteiger partial charge in [0.05, 0.1) is 11.9 Å². The zero-order chi connectivity index (χ0) is 18.5. The first-order chi connectivity index (χ1) is 12.5. The van der Waals surface area contributed by atoms with Gasteiger partial charge in [0.15, 0.2) is 5.78 Å². The molecule has 3 rings (SSSR count). The van der Waals surface area contributed by atoms with Crippen LogP contribution in [0.4, 0.5) is 5.69 Å². The van der Waals surface area contributed by atoms with Gasteiger partial charge in [-0.2, -0.15) is 0 Å². The summed E-state index contributed by atoms with van der Waals surface area (Å²) in [5.74, 6) is 1.22. The third-order valence-corrected chi connectivity index (χ3v) is 4.10. The quantitative estimate of drug-likeness (QED) is 0.671. The summed E-state index contributed by atoms with van der Waals surface area (Å²) in [4.78, 5) is 32.6. The summed E-state index contributed by atoms with van der Waals surface area (Å²) in [6.07, 6.45) is 5.33. The Kier molecular flexibility index (Phi) is 5.43. The Morgan fingerprint density at radius 2 is 1.85 bits per heavy atom. The lowest BCUT2D eigenvalue weighted by molar-refractivity contribution is -0.116. The smallest absolute Gasteiger partial charge is 0.224 e. The average molecular weight is 369 g/mol. The van der Waals surface area contributed by atoms with Crippen LogP contribution in [0.3, 0.4) is 0 Å². The zero-order valence-corrected chi connectivity index (χ0v) is 14.9. The number of nitrogens with one attached hydrogen (secondary N) is 1. The van der Waals surface area contributed by atoms with Crippen molar-refractivity contribution in [2.24, 2.45) is 0 Å². The topological polar surface area (TPSA) is 76.9 Å². The summed E-state index contributed by atoms with van der Waals surface area (Å²) in [6.45, 7) is 1.88. The number of halogens is 1. The third-order valence-electron chi connectivity index (χ3n) is 3.85. The van der Waals surface area contributed by atoms with E-state index in [4.69, 9.17) is 11.6 Å². The lowest BCUT2D eigenvalue weighted by atomic mass is 10.1. The molecular weight excluding hydrogens is 352 g/mol. The lowest BCUT2D eigenvalue weighted by Crippen LogP contribution is -2.14. The lowest BCUT2D eigenvalue weighted by Gasteiger charge is -2.07. The van der Waals surface area contributed by atoms with Crippen LogP contribution in [0.25, 0.3) is 5.82 Å². The van der Waals surface area contributed by atoms with Gasteiger partial charge in [0.1, 0.15) is 11.6 Å². The number of anilines is 1. The molecule has 0 aliphatic heterocycles. The Morgan fingerprint density at radius 1 is 1.08 bits per heavy atom. The highest BCUT2D eigenvalue weighted by molar-refractivity contribution is 6.30. The van der Waals surface area contributed by atoms with Gasteiger partial charge in [-0.05, 0) is 43.3 Å². The monoisotopic (exact) mass is 368 g/mol. The Labute approximate surface area is 155 Å². The standard InChI is InChI=1S/C19H17ClN4O2/c1-13-21-10-11-24(13)18-8-6-16(12-22-18)23-19(26)9-7-17(25)14-2-4-15(20)5-3-14/h2-6,8,10-12H,7,9H2,1H3,(H,23,26). The number of imidazole rings is 1. The van der Waals surface area contributed by atoms with Crippen molar-refractivity contribution in [2.75, 3.05) is 5.32 Å². The number of aryl methyl sites for hydroxylation is 1. The minimum Gasteiger partial charge on any atom is -0.325 e. The maximum atomic E-state index is 12.1. The molecular formula is C19H17ClN4O2. The molecule has 0 saturated carbocycles. The van der Waals surface area contributed by atoms with Crippen LogP contribution in [0, 0.1) is 6.92 Å². The number of hydrogen-bond acceptors (Lipinski definition) is 4. The minimum absolute atomic E-state index is 0.0964. The van der Waals surface area contributed by atoms with E-state index in [9.17, 15) is 9.59 Å². The van der Waals surface area contributed by atoms with Gasteiger partial charge in [0.25, 0.3) is 0 Å². The Bertz CT molecular complexity index is 917. The van der Waals surface area contributed by atoms with E-state index in [-0.39, 0.29) is 24.5 Å². The van der Waals surface area contributed by atoms with E-state index in [1.54, 1.807) is 48.8 Å². The fourth-order valence-corrected chi connectivity index (χ4v) is 2.58. The van der Waals surface area contributed by atoms with Crippen LogP contribution in [0.2, 0.25) is 5.02 Å². The van der Waals surface area contributed by atoms with Gasteiger partial charge in [-0.1, -0.05) is 11.6 Å². The summed E-state index contributed by atoms with van der Waals surface area (Å²) in [6, 6.07) is 10.2. The summed E-state index contributed by atoms with van der Waals surface area (Å²) >= 11 is 5.80. The molecule has 0 aliphatic carbocycles. The highest BCUT2D eigenvalue weighted by atomic mass is 35.5. The van der Waals surface area contributed by atoms with Crippen LogP contribution in [-0.4, -0.2) is 26.2 Å². The number of hydrogen-bond donors (Lipinski definition) is 1. The van der Waals surface area contributed by atoms with Crippen LogP contribution in [0.15, 0.2) is 55.0 Å². The van der Waals surface area contributed by atoms with Crippen molar-refractivity contribution in [1.29, 1.82) is 0 Å². The van der Waals surface area contributed by atoms with Gasteiger partial charge in [-0.15, -0.1) is 0 Å². The molecule has 1 aromatic carbocycles. The third kappa shape index (κ3) is 4.34. The van der Waals surface area contributed by atoms with E-state index < -0.39 is 0 Å². The van der Waals surface area contributed by atoms with Gasteiger partial charge < -0.3 is 5.32 Å². The number of pyridine rings is 1. The van der Waals surface area contributed by atoms with Crippen LogP contribution in [0.1, 0.15) is 29.0 Å². The predicted octanol–water partition coefficient (Wildman–Crippen LogP) is 3.83. The van der Waals surface area contributed by atoms with E-state index >= 15 is 0 Å². The van der Waals surface area contributed by atoms with Crippen molar-refractivity contribution in [3.05, 3.63) is 71.4 Å². The van der Waals surface area contributed by atoms with Crippen LogP contribution in [-0.2, 0) is 4.79 Å². The van der Waals surface area contributed by atoms with Crippen LogP contribution < -0.4 is 5.32 Å². The molecule has 2 aromatic heterocycles. The Morgan fingerprint density at radius 3 is 2.46 bits per heavy atom. The molecule has 0 bridgehead atoms.